The van der Waals surface area contributed by atoms with E-state index in [2.05, 4.69) is 23.7 Å². The number of benzene rings is 3. The van der Waals surface area contributed by atoms with Gasteiger partial charge in [0.15, 0.2) is 11.5 Å². The molecule has 0 radical (unpaired) electrons. The number of carbonyl (C=O) groups excluding carboxylic acids is 1. The lowest BCUT2D eigenvalue weighted by molar-refractivity contribution is 0.0597. The highest BCUT2D eigenvalue weighted by molar-refractivity contribution is 5.92. The second kappa shape index (κ2) is 9.72. The predicted molar refractivity (Wildman–Crippen MR) is 122 cm³/mol. The number of carbonyl (C=O) groups is 1. The minimum Gasteiger partial charge on any atom is -0.497 e. The third-order valence-electron chi connectivity index (χ3n) is 4.82. The van der Waals surface area contributed by atoms with Crippen LogP contribution in [0.15, 0.2) is 54.6 Å². The maximum Gasteiger partial charge on any atom is 0.341 e. The zero-order valence-corrected chi connectivity index (χ0v) is 18.4. The first-order valence-electron chi connectivity index (χ1n) is 9.98. The number of esters is 1. The van der Waals surface area contributed by atoms with Gasteiger partial charge in [-0.15, -0.1) is 0 Å². The number of hydrogen-bond donors (Lipinski definition) is 0. The fourth-order valence-corrected chi connectivity index (χ4v) is 3.17. The summed E-state index contributed by atoms with van der Waals surface area (Å²) >= 11 is 0. The minimum absolute atomic E-state index is 0.224. The first-order valence-corrected chi connectivity index (χ1v) is 9.98. The molecule has 0 fully saturated rings. The molecule has 6 nitrogen and oxygen atoms in total. The lowest BCUT2D eigenvalue weighted by Gasteiger charge is -2.06. The molecule has 0 amide bonds. The van der Waals surface area contributed by atoms with Crippen LogP contribution < -0.4 is 18.9 Å². The van der Waals surface area contributed by atoms with Crippen LogP contribution in [0.3, 0.4) is 0 Å². The van der Waals surface area contributed by atoms with E-state index in [1.54, 1.807) is 25.3 Å². The van der Waals surface area contributed by atoms with Crippen molar-refractivity contribution in [1.82, 2.24) is 0 Å². The number of ether oxygens (including phenoxy) is 5. The number of rotatable bonds is 3. The first-order chi connectivity index (χ1) is 16.1. The monoisotopic (exact) mass is 440 g/mol. The van der Waals surface area contributed by atoms with Crippen molar-refractivity contribution in [2.45, 2.75) is 0 Å². The Bertz CT molecular complexity index is 1330. The molecule has 3 aromatic carbocycles. The van der Waals surface area contributed by atoms with Gasteiger partial charge in [-0.2, -0.15) is 0 Å². The molecular weight excluding hydrogens is 420 g/mol. The second-order valence-electron chi connectivity index (χ2n) is 6.92. The van der Waals surface area contributed by atoms with Crippen molar-refractivity contribution in [1.29, 1.82) is 0 Å². The quantitative estimate of drug-likeness (QED) is 0.453. The van der Waals surface area contributed by atoms with Gasteiger partial charge in [-0.3, -0.25) is 0 Å². The zero-order valence-electron chi connectivity index (χ0n) is 18.4. The molecule has 6 heteroatoms. The van der Waals surface area contributed by atoms with Crippen LogP contribution >= 0.6 is 0 Å². The lowest BCUT2D eigenvalue weighted by Crippen LogP contribution is -2.04. The summed E-state index contributed by atoms with van der Waals surface area (Å²) in [6.45, 7) is 0.224. The lowest BCUT2D eigenvalue weighted by atomic mass is 10.1. The largest absolute Gasteiger partial charge is 0.497 e. The van der Waals surface area contributed by atoms with Crippen LogP contribution in [-0.2, 0) is 4.74 Å². The van der Waals surface area contributed by atoms with Gasteiger partial charge in [-0.05, 0) is 54.6 Å². The number of methoxy groups -OCH3 is 3. The topological polar surface area (TPSA) is 63.2 Å². The average molecular weight is 440 g/mol. The van der Waals surface area contributed by atoms with Crippen LogP contribution in [0.4, 0.5) is 0 Å². The van der Waals surface area contributed by atoms with Crippen molar-refractivity contribution in [3.63, 3.8) is 0 Å². The third kappa shape index (κ3) is 5.03. The van der Waals surface area contributed by atoms with Crippen LogP contribution in [0.1, 0.15) is 32.6 Å². The molecule has 3 aromatic rings. The van der Waals surface area contributed by atoms with E-state index in [0.717, 1.165) is 22.4 Å². The standard InChI is InChI=1S/C27H20O6/c1-29-22-13-20(6-4-18-8-10-23(27(28)31-3)25(15-18)30-2)12-21(14-22)7-5-19-9-11-24-26(16-19)33-17-32-24/h8-16H,17H2,1-3H3. The highest BCUT2D eigenvalue weighted by atomic mass is 16.7. The molecule has 1 aliphatic rings. The van der Waals surface area contributed by atoms with E-state index >= 15 is 0 Å². The first kappa shape index (κ1) is 21.7. The van der Waals surface area contributed by atoms with Crippen LogP contribution in [-0.4, -0.2) is 34.1 Å². The Balaban J connectivity index is 1.61. The Hall–Kier alpha value is -4.55. The molecule has 1 aliphatic heterocycles. The predicted octanol–water partition coefficient (Wildman–Crippen LogP) is 4.02. The van der Waals surface area contributed by atoms with Crippen LogP contribution in [0, 0.1) is 23.7 Å². The third-order valence-corrected chi connectivity index (χ3v) is 4.82. The smallest absolute Gasteiger partial charge is 0.341 e. The molecule has 0 atom stereocenters. The van der Waals surface area contributed by atoms with Gasteiger partial charge >= 0.3 is 5.97 Å². The van der Waals surface area contributed by atoms with E-state index in [4.69, 9.17) is 23.7 Å². The van der Waals surface area contributed by atoms with E-state index in [1.807, 2.05) is 36.4 Å². The summed E-state index contributed by atoms with van der Waals surface area (Å²) in [4.78, 5) is 11.8. The molecule has 0 saturated carbocycles. The molecule has 1 heterocycles. The molecular formula is C27H20O6. The molecule has 33 heavy (non-hydrogen) atoms. The van der Waals surface area contributed by atoms with E-state index in [1.165, 1.54) is 14.2 Å². The summed E-state index contributed by atoms with van der Waals surface area (Å²) in [5, 5.41) is 0. The molecule has 0 aliphatic carbocycles. The van der Waals surface area contributed by atoms with Gasteiger partial charge in [0.2, 0.25) is 6.79 Å². The van der Waals surface area contributed by atoms with Crippen LogP contribution in [0.25, 0.3) is 0 Å². The van der Waals surface area contributed by atoms with Gasteiger partial charge in [-0.1, -0.05) is 23.7 Å². The van der Waals surface area contributed by atoms with Crippen molar-refractivity contribution in [2.24, 2.45) is 0 Å². The molecule has 0 spiro atoms. The maximum atomic E-state index is 11.8. The van der Waals surface area contributed by atoms with Crippen molar-refractivity contribution < 1.29 is 28.5 Å². The summed E-state index contributed by atoms with van der Waals surface area (Å²) in [7, 11) is 4.41. The van der Waals surface area contributed by atoms with Crippen LogP contribution in [0.2, 0.25) is 0 Å². The van der Waals surface area contributed by atoms with Gasteiger partial charge in [0.1, 0.15) is 17.1 Å². The summed E-state index contributed by atoms with van der Waals surface area (Å²) in [5.41, 5.74) is 3.34. The summed E-state index contributed by atoms with van der Waals surface area (Å²) in [6, 6.07) is 16.2. The summed E-state index contributed by atoms with van der Waals surface area (Å²) < 4.78 is 26.2. The van der Waals surface area contributed by atoms with Crippen molar-refractivity contribution >= 4 is 5.97 Å². The van der Waals surface area contributed by atoms with Crippen molar-refractivity contribution in [2.75, 3.05) is 28.1 Å². The second-order valence-corrected chi connectivity index (χ2v) is 6.92. The van der Waals surface area contributed by atoms with Gasteiger partial charge in [0, 0.05) is 22.3 Å². The van der Waals surface area contributed by atoms with Gasteiger partial charge < -0.3 is 23.7 Å². The fraction of sp³-hybridized carbons (Fsp3) is 0.148. The summed E-state index contributed by atoms with van der Waals surface area (Å²) in [6.07, 6.45) is 0. The average Bonchev–Trinajstić information content (AvgIpc) is 3.33. The normalized spacial score (nSPS) is 10.9. The van der Waals surface area contributed by atoms with Gasteiger partial charge in [0.05, 0.1) is 21.3 Å². The van der Waals surface area contributed by atoms with Gasteiger partial charge in [-0.25, -0.2) is 4.79 Å². The van der Waals surface area contributed by atoms with E-state index in [-0.39, 0.29) is 6.79 Å². The van der Waals surface area contributed by atoms with Crippen molar-refractivity contribution in [3.05, 3.63) is 82.4 Å². The Morgan fingerprint density at radius 2 is 1.36 bits per heavy atom. The molecule has 0 aromatic heterocycles. The van der Waals surface area contributed by atoms with E-state index < -0.39 is 5.97 Å². The van der Waals surface area contributed by atoms with Crippen molar-refractivity contribution in [3.8, 4) is 46.7 Å². The highest BCUT2D eigenvalue weighted by Crippen LogP contribution is 2.32. The maximum absolute atomic E-state index is 11.8. The Kier molecular flexibility index (Phi) is 6.38. The van der Waals surface area contributed by atoms with Crippen LogP contribution in [0.5, 0.6) is 23.0 Å². The molecule has 4 rings (SSSR count). The molecule has 0 N–H and O–H groups in total. The Morgan fingerprint density at radius 3 is 2.03 bits per heavy atom. The molecule has 0 bridgehead atoms. The summed E-state index contributed by atoms with van der Waals surface area (Å²) in [5.74, 6) is 14.5. The Morgan fingerprint density at radius 1 is 0.727 bits per heavy atom. The highest BCUT2D eigenvalue weighted by Gasteiger charge is 2.13. The van der Waals surface area contributed by atoms with E-state index in [0.29, 0.717) is 28.4 Å². The fourth-order valence-electron chi connectivity index (χ4n) is 3.17. The SMILES string of the molecule is COC(=O)c1ccc(C#Cc2cc(C#Cc3ccc4c(c3)OCO4)cc(OC)c2)cc1OC. The molecule has 0 unspecified atom stereocenters. The number of hydrogen-bond acceptors (Lipinski definition) is 6. The zero-order chi connectivity index (χ0) is 23.2. The Labute approximate surface area is 192 Å². The molecule has 164 valence electrons. The number of fused-ring (bicyclic) bond motifs is 1. The minimum atomic E-state index is -0.468. The molecule has 0 saturated heterocycles. The van der Waals surface area contributed by atoms with E-state index in [9.17, 15) is 4.79 Å². The van der Waals surface area contributed by atoms with Gasteiger partial charge in [0.25, 0.3) is 0 Å².